The van der Waals surface area contributed by atoms with Gasteiger partial charge in [0.15, 0.2) is 5.75 Å². The van der Waals surface area contributed by atoms with Crippen LogP contribution < -0.4 is 14.8 Å². The Hall–Kier alpha value is -3.05. The van der Waals surface area contributed by atoms with E-state index in [1.807, 2.05) is 0 Å². The van der Waals surface area contributed by atoms with Crippen molar-refractivity contribution in [2.24, 2.45) is 0 Å². The van der Waals surface area contributed by atoms with Gasteiger partial charge in [0.05, 0.1) is 22.2 Å². The molecule has 0 aliphatic heterocycles. The van der Waals surface area contributed by atoms with Gasteiger partial charge in [0, 0.05) is 27.8 Å². The Bertz CT molecular complexity index is 1520. The first-order chi connectivity index (χ1) is 17.6. The molecule has 3 aromatic rings. The van der Waals surface area contributed by atoms with Crippen LogP contribution in [0.2, 0.25) is 15.1 Å². The average Bonchev–Trinajstić information content (AvgIpc) is 2.76. The van der Waals surface area contributed by atoms with Crippen molar-refractivity contribution in [3.63, 3.8) is 0 Å². The van der Waals surface area contributed by atoms with Gasteiger partial charge in [-0.25, -0.2) is 12.8 Å². The minimum atomic E-state index is -4.32. The lowest BCUT2D eigenvalue weighted by Crippen LogP contribution is -2.40. The second-order valence-corrected chi connectivity index (χ2v) is 12.0. The monoisotopic (exact) mass is 602 g/mol. The highest BCUT2D eigenvalue weighted by Gasteiger charge is 2.23. The third-order valence-corrected chi connectivity index (χ3v) is 7.20. The molecule has 0 saturated carbocycles. The number of carbonyl (C=O) groups excluding carboxylic acids is 1. The van der Waals surface area contributed by atoms with Crippen LogP contribution in [-0.4, -0.2) is 30.9 Å². The van der Waals surface area contributed by atoms with Crippen molar-refractivity contribution in [3.8, 4) is 11.5 Å². The van der Waals surface area contributed by atoms with Crippen LogP contribution in [0.15, 0.2) is 53.4 Å². The predicted octanol–water partition coefficient (Wildman–Crippen LogP) is 6.53. The maximum atomic E-state index is 14.5. The Kier molecular flexibility index (Phi) is 8.82. The Labute approximate surface area is 233 Å². The second kappa shape index (κ2) is 11.4. The van der Waals surface area contributed by atoms with E-state index < -0.39 is 39.7 Å². The molecule has 0 aliphatic carbocycles. The summed E-state index contributed by atoms with van der Waals surface area (Å²) >= 11 is 18.2. The molecule has 3 aromatic carbocycles. The molecule has 13 heteroatoms. The van der Waals surface area contributed by atoms with Gasteiger partial charge in [0.2, 0.25) is 0 Å². The molecule has 0 heterocycles. The summed E-state index contributed by atoms with van der Waals surface area (Å²) in [4.78, 5) is 23.4. The van der Waals surface area contributed by atoms with Crippen LogP contribution in [0, 0.1) is 5.82 Å². The number of benzene rings is 3. The van der Waals surface area contributed by atoms with Crippen molar-refractivity contribution in [1.29, 1.82) is 0 Å². The maximum Gasteiger partial charge on any atom is 0.307 e. The van der Waals surface area contributed by atoms with E-state index in [-0.39, 0.29) is 48.3 Å². The molecule has 8 nitrogen and oxygen atoms in total. The first-order valence-electron chi connectivity index (χ1n) is 10.9. The van der Waals surface area contributed by atoms with Crippen LogP contribution in [0.5, 0.6) is 11.5 Å². The number of ether oxygens (including phenoxy) is 1. The van der Waals surface area contributed by atoms with Crippen molar-refractivity contribution in [2.75, 3.05) is 4.72 Å². The number of carboxylic acids is 1. The number of carboxylic acid groups (broad SMARTS) is 1. The highest BCUT2D eigenvalue weighted by molar-refractivity contribution is 7.92. The standard InChI is InChI=1S/C25H22Cl3FN2O6S/c1-25(2,3)30-24(34)13-4-6-20(37-21-12-18(29)14(8-16(21)27)10-23(32)33)19(9-13)31-38(35,36)22-7-5-15(26)11-17(22)28/h4-9,11-12,31H,10H2,1-3H3,(H,30,34)(H,32,33). The lowest BCUT2D eigenvalue weighted by molar-refractivity contribution is -0.136. The zero-order chi connectivity index (χ0) is 28.4. The Morgan fingerprint density at radius 3 is 2.26 bits per heavy atom. The third kappa shape index (κ3) is 7.50. The van der Waals surface area contributed by atoms with E-state index in [4.69, 9.17) is 44.6 Å². The SMILES string of the molecule is CC(C)(C)NC(=O)c1ccc(Oc2cc(F)c(CC(=O)O)cc2Cl)c(NS(=O)(=O)c2ccc(Cl)cc2Cl)c1. The highest BCUT2D eigenvalue weighted by Crippen LogP contribution is 2.37. The lowest BCUT2D eigenvalue weighted by Gasteiger charge is -2.21. The second-order valence-electron chi connectivity index (χ2n) is 9.14. The molecule has 0 bridgehead atoms. The number of hydrogen-bond donors (Lipinski definition) is 3. The minimum absolute atomic E-state index is 0.0984. The fourth-order valence-electron chi connectivity index (χ4n) is 3.21. The molecule has 0 aliphatic rings. The average molecular weight is 604 g/mol. The molecule has 38 heavy (non-hydrogen) atoms. The fraction of sp³-hybridized carbons (Fsp3) is 0.200. The van der Waals surface area contributed by atoms with E-state index in [2.05, 4.69) is 10.0 Å². The van der Waals surface area contributed by atoms with Crippen molar-refractivity contribution in [1.82, 2.24) is 5.32 Å². The van der Waals surface area contributed by atoms with Crippen LogP contribution in [-0.2, 0) is 21.2 Å². The summed E-state index contributed by atoms with van der Waals surface area (Å²) in [6, 6.07) is 9.71. The Morgan fingerprint density at radius 1 is 0.974 bits per heavy atom. The van der Waals surface area contributed by atoms with Crippen LogP contribution in [0.25, 0.3) is 0 Å². The minimum Gasteiger partial charge on any atom is -0.481 e. The smallest absolute Gasteiger partial charge is 0.307 e. The Balaban J connectivity index is 2.07. The molecule has 3 N–H and O–H groups in total. The molecule has 0 saturated heterocycles. The number of halogens is 4. The quantitative estimate of drug-likeness (QED) is 0.269. The molecular weight excluding hydrogens is 582 g/mol. The number of nitrogens with one attached hydrogen (secondary N) is 2. The topological polar surface area (TPSA) is 122 Å². The third-order valence-electron chi connectivity index (χ3n) is 4.82. The normalized spacial score (nSPS) is 11.7. The summed E-state index contributed by atoms with van der Waals surface area (Å²) in [5, 5.41) is 11.7. The number of sulfonamides is 1. The van der Waals surface area contributed by atoms with Gasteiger partial charge >= 0.3 is 5.97 Å². The van der Waals surface area contributed by atoms with Crippen LogP contribution >= 0.6 is 34.8 Å². The molecule has 3 rings (SSSR count). The summed E-state index contributed by atoms with van der Waals surface area (Å²) in [5.41, 5.74) is -0.821. The van der Waals surface area contributed by atoms with Crippen molar-refractivity contribution in [3.05, 3.63) is 80.5 Å². The molecule has 0 radical (unpaired) electrons. The molecule has 0 atom stereocenters. The number of carbonyl (C=O) groups is 2. The fourth-order valence-corrected chi connectivity index (χ4v) is 5.27. The van der Waals surface area contributed by atoms with E-state index in [0.717, 1.165) is 12.1 Å². The number of amides is 1. The van der Waals surface area contributed by atoms with E-state index in [0.29, 0.717) is 0 Å². The summed E-state index contributed by atoms with van der Waals surface area (Å²) in [6.07, 6.45) is -0.601. The zero-order valence-corrected chi connectivity index (χ0v) is 23.3. The van der Waals surface area contributed by atoms with Gasteiger partial charge in [0.25, 0.3) is 15.9 Å². The van der Waals surface area contributed by atoms with Gasteiger partial charge in [0.1, 0.15) is 16.5 Å². The summed E-state index contributed by atoms with van der Waals surface area (Å²) < 4.78 is 48.9. The highest BCUT2D eigenvalue weighted by atomic mass is 35.5. The zero-order valence-electron chi connectivity index (χ0n) is 20.2. The van der Waals surface area contributed by atoms with E-state index >= 15 is 0 Å². The summed E-state index contributed by atoms with van der Waals surface area (Å²) in [5.74, 6) is -2.97. The summed E-state index contributed by atoms with van der Waals surface area (Å²) in [7, 11) is -4.32. The van der Waals surface area contributed by atoms with Gasteiger partial charge in [-0.15, -0.1) is 0 Å². The molecule has 0 aromatic heterocycles. The van der Waals surface area contributed by atoms with E-state index in [9.17, 15) is 22.4 Å². The molecular formula is C25H22Cl3FN2O6S. The van der Waals surface area contributed by atoms with Gasteiger partial charge in [-0.3, -0.25) is 14.3 Å². The van der Waals surface area contributed by atoms with Crippen LogP contribution in [0.4, 0.5) is 10.1 Å². The van der Waals surface area contributed by atoms with E-state index in [1.54, 1.807) is 20.8 Å². The number of anilines is 1. The molecule has 1 amide bonds. The van der Waals surface area contributed by atoms with Gasteiger partial charge in [-0.05, 0) is 63.2 Å². The molecule has 0 fully saturated rings. The molecule has 202 valence electrons. The van der Waals surface area contributed by atoms with Crippen molar-refractivity contribution < 1.29 is 32.2 Å². The van der Waals surface area contributed by atoms with E-state index in [1.165, 1.54) is 36.4 Å². The van der Waals surface area contributed by atoms with Crippen LogP contribution in [0.3, 0.4) is 0 Å². The van der Waals surface area contributed by atoms with Crippen LogP contribution in [0.1, 0.15) is 36.7 Å². The van der Waals surface area contributed by atoms with Gasteiger partial charge < -0.3 is 15.2 Å². The lowest BCUT2D eigenvalue weighted by atomic mass is 10.1. The molecule has 0 unspecified atom stereocenters. The number of rotatable bonds is 8. The molecule has 0 spiro atoms. The number of hydrogen-bond acceptors (Lipinski definition) is 5. The predicted molar refractivity (Wildman–Crippen MR) is 144 cm³/mol. The number of aliphatic carboxylic acids is 1. The largest absolute Gasteiger partial charge is 0.481 e. The van der Waals surface area contributed by atoms with Gasteiger partial charge in [-0.2, -0.15) is 0 Å². The summed E-state index contributed by atoms with van der Waals surface area (Å²) in [6.45, 7) is 5.33. The van der Waals surface area contributed by atoms with Crippen molar-refractivity contribution in [2.45, 2.75) is 37.6 Å². The maximum absolute atomic E-state index is 14.5. The first kappa shape index (κ1) is 29.5. The Morgan fingerprint density at radius 2 is 1.66 bits per heavy atom. The first-order valence-corrected chi connectivity index (χ1v) is 13.5. The van der Waals surface area contributed by atoms with Crippen molar-refractivity contribution >= 4 is 62.4 Å². The van der Waals surface area contributed by atoms with Gasteiger partial charge in [-0.1, -0.05) is 34.8 Å².